The first kappa shape index (κ1) is 16.3. The summed E-state index contributed by atoms with van der Waals surface area (Å²) in [7, 11) is 2.21. The highest BCUT2D eigenvalue weighted by Crippen LogP contribution is 2.30. The van der Waals surface area contributed by atoms with Crippen molar-refractivity contribution in [1.82, 2.24) is 10.3 Å². The Labute approximate surface area is 130 Å². The van der Waals surface area contributed by atoms with Crippen molar-refractivity contribution in [1.29, 1.82) is 0 Å². The lowest BCUT2D eigenvalue weighted by Gasteiger charge is -2.37. The molecule has 21 heavy (non-hydrogen) atoms. The SMILES string of the molecule is CCCNCc1ccc(N(C)C2CCCCC2C)nc1C. The maximum Gasteiger partial charge on any atom is 0.128 e. The van der Waals surface area contributed by atoms with Crippen LogP contribution in [0.5, 0.6) is 0 Å². The van der Waals surface area contributed by atoms with Crippen LogP contribution < -0.4 is 10.2 Å². The Morgan fingerprint density at radius 3 is 2.71 bits per heavy atom. The first-order chi connectivity index (χ1) is 10.1. The number of anilines is 1. The average Bonchev–Trinajstić information content (AvgIpc) is 2.49. The van der Waals surface area contributed by atoms with Crippen LogP contribution in [-0.4, -0.2) is 24.6 Å². The monoisotopic (exact) mass is 289 g/mol. The summed E-state index contributed by atoms with van der Waals surface area (Å²) in [6, 6.07) is 5.08. The third-order valence-electron chi connectivity index (χ3n) is 4.85. The maximum atomic E-state index is 4.85. The van der Waals surface area contributed by atoms with Gasteiger partial charge >= 0.3 is 0 Å². The van der Waals surface area contributed by atoms with Crippen LogP contribution in [0, 0.1) is 12.8 Å². The summed E-state index contributed by atoms with van der Waals surface area (Å²) in [5.41, 5.74) is 2.48. The van der Waals surface area contributed by atoms with Crippen LogP contribution in [0.2, 0.25) is 0 Å². The van der Waals surface area contributed by atoms with E-state index >= 15 is 0 Å². The minimum Gasteiger partial charge on any atom is -0.356 e. The van der Waals surface area contributed by atoms with Crippen molar-refractivity contribution in [3.8, 4) is 0 Å². The van der Waals surface area contributed by atoms with Crippen molar-refractivity contribution in [2.24, 2.45) is 5.92 Å². The maximum absolute atomic E-state index is 4.85. The highest BCUT2D eigenvalue weighted by atomic mass is 15.2. The van der Waals surface area contributed by atoms with E-state index in [2.05, 4.69) is 50.2 Å². The fourth-order valence-corrected chi connectivity index (χ4v) is 3.40. The summed E-state index contributed by atoms with van der Waals surface area (Å²) >= 11 is 0. The van der Waals surface area contributed by atoms with Gasteiger partial charge < -0.3 is 10.2 Å². The van der Waals surface area contributed by atoms with Crippen LogP contribution in [0.25, 0.3) is 0 Å². The van der Waals surface area contributed by atoms with Gasteiger partial charge in [-0.25, -0.2) is 4.98 Å². The van der Waals surface area contributed by atoms with Crippen molar-refractivity contribution in [3.63, 3.8) is 0 Å². The number of rotatable bonds is 6. The summed E-state index contributed by atoms with van der Waals surface area (Å²) in [5, 5.41) is 3.46. The second kappa shape index (κ2) is 7.79. The first-order valence-electron chi connectivity index (χ1n) is 8.53. The van der Waals surface area contributed by atoms with E-state index in [0.717, 1.165) is 30.5 Å². The van der Waals surface area contributed by atoms with Crippen LogP contribution in [0.15, 0.2) is 12.1 Å². The molecule has 1 N–H and O–H groups in total. The van der Waals surface area contributed by atoms with Gasteiger partial charge in [-0.05, 0) is 50.3 Å². The van der Waals surface area contributed by atoms with Crippen molar-refractivity contribution in [2.75, 3.05) is 18.5 Å². The largest absolute Gasteiger partial charge is 0.356 e. The fraction of sp³-hybridized carbons (Fsp3) is 0.722. The van der Waals surface area contributed by atoms with E-state index in [-0.39, 0.29) is 0 Å². The molecular weight excluding hydrogens is 258 g/mol. The van der Waals surface area contributed by atoms with Crippen LogP contribution in [-0.2, 0) is 6.54 Å². The lowest BCUT2D eigenvalue weighted by atomic mass is 9.85. The quantitative estimate of drug-likeness (QED) is 0.805. The van der Waals surface area contributed by atoms with E-state index in [9.17, 15) is 0 Å². The molecule has 0 saturated heterocycles. The summed E-state index contributed by atoms with van der Waals surface area (Å²) < 4.78 is 0. The number of aromatic nitrogens is 1. The summed E-state index contributed by atoms with van der Waals surface area (Å²) in [5.74, 6) is 1.90. The molecule has 1 aromatic heterocycles. The number of hydrogen-bond donors (Lipinski definition) is 1. The highest BCUT2D eigenvalue weighted by Gasteiger charge is 2.25. The minimum absolute atomic E-state index is 0.648. The van der Waals surface area contributed by atoms with Gasteiger partial charge in [-0.15, -0.1) is 0 Å². The van der Waals surface area contributed by atoms with Gasteiger partial charge in [0.05, 0.1) is 0 Å². The molecule has 1 fully saturated rings. The summed E-state index contributed by atoms with van der Waals surface area (Å²) in [4.78, 5) is 7.25. The minimum atomic E-state index is 0.648. The van der Waals surface area contributed by atoms with E-state index in [4.69, 9.17) is 4.98 Å². The van der Waals surface area contributed by atoms with Crippen molar-refractivity contribution < 1.29 is 0 Å². The van der Waals surface area contributed by atoms with E-state index < -0.39 is 0 Å². The molecule has 1 aliphatic carbocycles. The number of hydrogen-bond acceptors (Lipinski definition) is 3. The normalized spacial score (nSPS) is 22.3. The van der Waals surface area contributed by atoms with Gasteiger partial charge in [0.15, 0.2) is 0 Å². The molecule has 2 unspecified atom stereocenters. The molecule has 0 amide bonds. The molecule has 1 saturated carbocycles. The topological polar surface area (TPSA) is 28.2 Å². The van der Waals surface area contributed by atoms with Crippen molar-refractivity contribution in [2.45, 2.75) is 65.5 Å². The number of nitrogens with one attached hydrogen (secondary N) is 1. The molecule has 118 valence electrons. The fourth-order valence-electron chi connectivity index (χ4n) is 3.40. The predicted molar refractivity (Wildman–Crippen MR) is 90.8 cm³/mol. The van der Waals surface area contributed by atoms with Crippen LogP contribution in [0.3, 0.4) is 0 Å². The molecular formula is C18H31N3. The molecule has 1 aromatic rings. The zero-order chi connectivity index (χ0) is 15.2. The lowest BCUT2D eigenvalue weighted by molar-refractivity contribution is 0.320. The Morgan fingerprint density at radius 1 is 1.29 bits per heavy atom. The molecule has 1 heterocycles. The van der Waals surface area contributed by atoms with E-state index in [1.807, 2.05) is 0 Å². The van der Waals surface area contributed by atoms with Gasteiger partial charge in [0.1, 0.15) is 5.82 Å². The Morgan fingerprint density at radius 2 is 2.05 bits per heavy atom. The lowest BCUT2D eigenvalue weighted by Crippen LogP contribution is -2.39. The van der Waals surface area contributed by atoms with Crippen molar-refractivity contribution >= 4 is 5.82 Å². The molecule has 2 rings (SSSR count). The number of nitrogens with zero attached hydrogens (tertiary/aromatic N) is 2. The third-order valence-corrected chi connectivity index (χ3v) is 4.85. The number of aryl methyl sites for hydroxylation is 1. The molecule has 0 radical (unpaired) electrons. The molecule has 1 aliphatic rings. The van der Waals surface area contributed by atoms with E-state index in [1.165, 1.54) is 37.7 Å². The molecule has 0 aromatic carbocycles. The van der Waals surface area contributed by atoms with Gasteiger partial charge in [-0.1, -0.05) is 32.8 Å². The summed E-state index contributed by atoms with van der Waals surface area (Å²) in [6.07, 6.45) is 6.58. The number of pyridine rings is 1. The Hall–Kier alpha value is -1.09. The molecule has 2 atom stereocenters. The molecule has 3 nitrogen and oxygen atoms in total. The standard InChI is InChI=1S/C18H31N3/c1-5-12-19-13-16-10-11-18(20-15(16)3)21(4)17-9-7-6-8-14(17)2/h10-11,14,17,19H,5-9,12-13H2,1-4H3. The van der Waals surface area contributed by atoms with Gasteiger partial charge in [-0.3, -0.25) is 0 Å². The van der Waals surface area contributed by atoms with Crippen LogP contribution in [0.4, 0.5) is 5.82 Å². The highest BCUT2D eigenvalue weighted by molar-refractivity contribution is 5.42. The molecule has 0 aliphatic heterocycles. The van der Waals surface area contributed by atoms with Gasteiger partial charge in [0.25, 0.3) is 0 Å². The van der Waals surface area contributed by atoms with E-state index in [1.54, 1.807) is 0 Å². The Bertz CT molecular complexity index is 444. The van der Waals surface area contributed by atoms with Gasteiger partial charge in [0.2, 0.25) is 0 Å². The van der Waals surface area contributed by atoms with Crippen LogP contribution in [0.1, 0.15) is 57.2 Å². The first-order valence-corrected chi connectivity index (χ1v) is 8.53. The van der Waals surface area contributed by atoms with Gasteiger partial charge in [-0.2, -0.15) is 0 Å². The molecule has 0 bridgehead atoms. The molecule has 0 spiro atoms. The summed E-state index contributed by atoms with van der Waals surface area (Å²) in [6.45, 7) is 8.71. The predicted octanol–water partition coefficient (Wildman–Crippen LogP) is 3.90. The Kier molecular flexibility index (Phi) is 6.04. The van der Waals surface area contributed by atoms with Gasteiger partial charge in [0, 0.05) is 25.3 Å². The zero-order valence-electron chi connectivity index (χ0n) is 14.2. The smallest absolute Gasteiger partial charge is 0.128 e. The average molecular weight is 289 g/mol. The third kappa shape index (κ3) is 4.19. The zero-order valence-corrected chi connectivity index (χ0v) is 14.2. The second-order valence-electron chi connectivity index (χ2n) is 6.53. The molecule has 3 heteroatoms. The van der Waals surface area contributed by atoms with Crippen molar-refractivity contribution in [3.05, 3.63) is 23.4 Å². The van der Waals surface area contributed by atoms with E-state index in [0.29, 0.717) is 6.04 Å². The second-order valence-corrected chi connectivity index (χ2v) is 6.53. The Balaban J connectivity index is 2.04. The van der Waals surface area contributed by atoms with Crippen LogP contribution >= 0.6 is 0 Å².